The van der Waals surface area contributed by atoms with Crippen molar-refractivity contribution in [3.8, 4) is 6.07 Å². The first-order chi connectivity index (χ1) is 7.29. The van der Waals surface area contributed by atoms with Crippen molar-refractivity contribution in [1.29, 1.82) is 5.26 Å². The minimum absolute atomic E-state index is 0.263. The van der Waals surface area contributed by atoms with Crippen molar-refractivity contribution in [2.24, 2.45) is 0 Å². The van der Waals surface area contributed by atoms with Gasteiger partial charge in [-0.2, -0.15) is 5.26 Å². The fourth-order valence-corrected chi connectivity index (χ4v) is 1.55. The number of anilines is 2. The van der Waals surface area contributed by atoms with Gasteiger partial charge in [0.05, 0.1) is 23.9 Å². The zero-order chi connectivity index (χ0) is 10.7. The lowest BCUT2D eigenvalue weighted by Crippen LogP contribution is -2.19. The molecule has 0 unspecified atom stereocenters. The maximum atomic E-state index is 8.88. The molecular formula is C10H12N4O. The lowest BCUT2D eigenvalue weighted by molar-refractivity contribution is 0.195. The van der Waals surface area contributed by atoms with Gasteiger partial charge in [-0.25, -0.2) is 4.98 Å². The van der Waals surface area contributed by atoms with Crippen LogP contribution in [0.2, 0.25) is 0 Å². The molecule has 1 aliphatic heterocycles. The van der Waals surface area contributed by atoms with Crippen LogP contribution in [0.3, 0.4) is 0 Å². The van der Waals surface area contributed by atoms with Crippen LogP contribution in [0.5, 0.6) is 0 Å². The maximum Gasteiger partial charge on any atom is 0.125 e. The second kappa shape index (κ2) is 4.15. The minimum Gasteiger partial charge on any atom is -0.384 e. The fraction of sp³-hybridized carbons (Fsp3) is 0.400. The molecule has 1 fully saturated rings. The number of rotatable bonds is 2. The molecule has 0 aliphatic carbocycles. The molecule has 78 valence electrons. The average molecular weight is 204 g/mol. The van der Waals surface area contributed by atoms with Gasteiger partial charge in [0.15, 0.2) is 0 Å². The van der Waals surface area contributed by atoms with Gasteiger partial charge in [0.1, 0.15) is 11.9 Å². The maximum absolute atomic E-state index is 8.88. The molecular weight excluding hydrogens is 192 g/mol. The van der Waals surface area contributed by atoms with E-state index < -0.39 is 0 Å². The Kier molecular flexibility index (Phi) is 2.70. The van der Waals surface area contributed by atoms with Gasteiger partial charge in [0.2, 0.25) is 0 Å². The van der Waals surface area contributed by atoms with Gasteiger partial charge >= 0.3 is 0 Å². The summed E-state index contributed by atoms with van der Waals surface area (Å²) in [6.07, 6.45) is 2.43. The van der Waals surface area contributed by atoms with Gasteiger partial charge in [0, 0.05) is 18.9 Å². The number of aromatic nitrogens is 1. The molecule has 1 aromatic heterocycles. The number of pyridine rings is 1. The SMILES string of the molecule is N#Cc1cnc(N)cc1N[C@@H]1CCOC1. The number of ether oxygens (including phenoxy) is 1. The molecule has 1 aromatic rings. The molecule has 1 atom stereocenters. The van der Waals surface area contributed by atoms with E-state index in [1.165, 1.54) is 6.20 Å². The topological polar surface area (TPSA) is 84.0 Å². The minimum atomic E-state index is 0.263. The largest absolute Gasteiger partial charge is 0.384 e. The normalized spacial score (nSPS) is 19.8. The molecule has 0 aromatic carbocycles. The van der Waals surface area contributed by atoms with Crippen molar-refractivity contribution >= 4 is 11.5 Å². The first-order valence-electron chi connectivity index (χ1n) is 4.79. The molecule has 0 radical (unpaired) electrons. The highest BCUT2D eigenvalue weighted by atomic mass is 16.5. The van der Waals surface area contributed by atoms with Gasteiger partial charge in [-0.15, -0.1) is 0 Å². The van der Waals surface area contributed by atoms with Crippen LogP contribution < -0.4 is 11.1 Å². The quantitative estimate of drug-likeness (QED) is 0.742. The highest BCUT2D eigenvalue weighted by Crippen LogP contribution is 2.19. The number of nitriles is 1. The lowest BCUT2D eigenvalue weighted by atomic mass is 10.2. The summed E-state index contributed by atoms with van der Waals surface area (Å²) >= 11 is 0. The molecule has 1 saturated heterocycles. The molecule has 1 aliphatic rings. The zero-order valence-corrected chi connectivity index (χ0v) is 8.23. The number of hydrogen-bond acceptors (Lipinski definition) is 5. The van der Waals surface area contributed by atoms with Crippen LogP contribution in [0.15, 0.2) is 12.3 Å². The van der Waals surface area contributed by atoms with E-state index in [4.69, 9.17) is 15.7 Å². The first kappa shape index (κ1) is 9.74. The molecule has 0 amide bonds. The third kappa shape index (κ3) is 2.17. The summed E-state index contributed by atoms with van der Waals surface area (Å²) in [5.41, 5.74) is 6.81. The van der Waals surface area contributed by atoms with E-state index in [-0.39, 0.29) is 6.04 Å². The van der Waals surface area contributed by atoms with Crippen LogP contribution in [0.4, 0.5) is 11.5 Å². The molecule has 5 nitrogen and oxygen atoms in total. The van der Waals surface area contributed by atoms with E-state index in [1.54, 1.807) is 6.07 Å². The van der Waals surface area contributed by atoms with Gasteiger partial charge < -0.3 is 15.8 Å². The second-order valence-corrected chi connectivity index (χ2v) is 3.47. The van der Waals surface area contributed by atoms with Crippen molar-refractivity contribution in [3.63, 3.8) is 0 Å². The van der Waals surface area contributed by atoms with E-state index in [9.17, 15) is 0 Å². The molecule has 2 heterocycles. The molecule has 0 spiro atoms. The summed E-state index contributed by atoms with van der Waals surface area (Å²) < 4.78 is 5.24. The molecule has 15 heavy (non-hydrogen) atoms. The van der Waals surface area contributed by atoms with Crippen LogP contribution in [0.25, 0.3) is 0 Å². The van der Waals surface area contributed by atoms with E-state index in [1.807, 2.05) is 0 Å². The Labute approximate surface area is 87.9 Å². The Bertz CT molecular complexity index is 393. The summed E-state index contributed by atoms with van der Waals surface area (Å²) in [6, 6.07) is 4.02. The summed E-state index contributed by atoms with van der Waals surface area (Å²) in [5.74, 6) is 0.412. The smallest absolute Gasteiger partial charge is 0.125 e. The summed E-state index contributed by atoms with van der Waals surface area (Å²) in [6.45, 7) is 1.44. The third-order valence-electron chi connectivity index (χ3n) is 2.33. The monoisotopic (exact) mass is 204 g/mol. The number of nitrogens with zero attached hydrogens (tertiary/aromatic N) is 2. The van der Waals surface area contributed by atoms with E-state index in [0.717, 1.165) is 18.7 Å². The fourth-order valence-electron chi connectivity index (χ4n) is 1.55. The predicted octanol–water partition coefficient (Wildman–Crippen LogP) is 0.736. The van der Waals surface area contributed by atoms with Crippen molar-refractivity contribution in [3.05, 3.63) is 17.8 Å². The lowest BCUT2D eigenvalue weighted by Gasteiger charge is -2.13. The third-order valence-corrected chi connectivity index (χ3v) is 2.33. The van der Waals surface area contributed by atoms with Gasteiger partial charge in [-0.1, -0.05) is 0 Å². The number of nitrogens with two attached hydrogens (primary N) is 1. The molecule has 2 rings (SSSR count). The van der Waals surface area contributed by atoms with E-state index in [0.29, 0.717) is 18.0 Å². The van der Waals surface area contributed by atoms with E-state index in [2.05, 4.69) is 16.4 Å². The number of nitrogen functional groups attached to an aromatic ring is 1. The van der Waals surface area contributed by atoms with Gasteiger partial charge in [-0.3, -0.25) is 0 Å². The van der Waals surface area contributed by atoms with E-state index >= 15 is 0 Å². The van der Waals surface area contributed by atoms with Crippen LogP contribution in [-0.2, 0) is 4.74 Å². The van der Waals surface area contributed by atoms with Crippen molar-refractivity contribution in [2.45, 2.75) is 12.5 Å². The zero-order valence-electron chi connectivity index (χ0n) is 8.23. The van der Waals surface area contributed by atoms with Crippen molar-refractivity contribution in [1.82, 2.24) is 4.98 Å². The summed E-state index contributed by atoms with van der Waals surface area (Å²) in [5, 5.41) is 12.1. The highest BCUT2D eigenvalue weighted by Gasteiger charge is 2.16. The number of hydrogen-bond donors (Lipinski definition) is 2. The average Bonchev–Trinajstić information content (AvgIpc) is 2.71. The molecule has 3 N–H and O–H groups in total. The van der Waals surface area contributed by atoms with Gasteiger partial charge in [-0.05, 0) is 6.42 Å². The first-order valence-corrected chi connectivity index (χ1v) is 4.79. The van der Waals surface area contributed by atoms with Crippen LogP contribution in [0, 0.1) is 11.3 Å². The van der Waals surface area contributed by atoms with Crippen LogP contribution in [-0.4, -0.2) is 24.2 Å². The number of nitrogens with one attached hydrogen (secondary N) is 1. The van der Waals surface area contributed by atoms with Crippen LogP contribution in [0.1, 0.15) is 12.0 Å². The summed E-state index contributed by atoms with van der Waals surface area (Å²) in [7, 11) is 0. The predicted molar refractivity (Wildman–Crippen MR) is 56.2 cm³/mol. The van der Waals surface area contributed by atoms with Crippen LogP contribution >= 0.6 is 0 Å². The van der Waals surface area contributed by atoms with Crippen molar-refractivity contribution in [2.75, 3.05) is 24.3 Å². The Balaban J connectivity index is 2.18. The molecule has 5 heteroatoms. The Hall–Kier alpha value is -1.80. The Morgan fingerprint density at radius 2 is 2.53 bits per heavy atom. The second-order valence-electron chi connectivity index (χ2n) is 3.47. The standard InChI is InChI=1S/C10H12N4O/c11-4-7-5-13-10(12)3-9(7)14-8-1-2-15-6-8/h3,5,8H,1-2,6H2,(H3,12,13,14)/t8-/m1/s1. The highest BCUT2D eigenvalue weighted by molar-refractivity contribution is 5.61. The Morgan fingerprint density at radius 1 is 1.67 bits per heavy atom. The van der Waals surface area contributed by atoms with Crippen molar-refractivity contribution < 1.29 is 4.74 Å². The summed E-state index contributed by atoms with van der Waals surface area (Å²) in [4.78, 5) is 3.87. The molecule has 0 bridgehead atoms. The molecule has 0 saturated carbocycles. The van der Waals surface area contributed by atoms with Gasteiger partial charge in [0.25, 0.3) is 0 Å². The Morgan fingerprint density at radius 3 is 3.20 bits per heavy atom.